The fourth-order valence-electron chi connectivity index (χ4n) is 0.891. The molecule has 0 heterocycles. The molecule has 0 bridgehead atoms. The van der Waals surface area contributed by atoms with Crippen LogP contribution < -0.4 is 5.73 Å². The lowest BCUT2D eigenvalue weighted by atomic mass is 10.3. The summed E-state index contributed by atoms with van der Waals surface area (Å²) in [7, 11) is 0. The molecule has 0 saturated heterocycles. The van der Waals surface area contributed by atoms with E-state index in [-0.39, 0.29) is 5.82 Å². The van der Waals surface area contributed by atoms with E-state index < -0.39 is 0 Å². The first kappa shape index (κ1) is 10.4. The molecule has 0 aliphatic rings. The number of anilines is 1. The normalized spacial score (nSPS) is 10.8. The van der Waals surface area contributed by atoms with Crippen LogP contribution in [0.15, 0.2) is 23.1 Å². The lowest BCUT2D eigenvalue weighted by Gasteiger charge is -2.05. The molecule has 0 atom stereocenters. The van der Waals surface area contributed by atoms with E-state index in [2.05, 4.69) is 13.8 Å². The van der Waals surface area contributed by atoms with Gasteiger partial charge in [0.25, 0.3) is 0 Å². The summed E-state index contributed by atoms with van der Waals surface area (Å²) < 4.78 is 13.2. The van der Waals surface area contributed by atoms with Gasteiger partial charge in [-0.1, -0.05) is 13.8 Å². The van der Waals surface area contributed by atoms with Crippen LogP contribution in [0.1, 0.15) is 13.8 Å². The Morgan fingerprint density at radius 1 is 1.46 bits per heavy atom. The van der Waals surface area contributed by atoms with Crippen molar-refractivity contribution in [2.45, 2.75) is 18.7 Å². The van der Waals surface area contributed by atoms with Crippen molar-refractivity contribution in [1.29, 1.82) is 0 Å². The van der Waals surface area contributed by atoms with Gasteiger partial charge in [-0.3, -0.25) is 0 Å². The largest absolute Gasteiger partial charge is 0.399 e. The Balaban J connectivity index is 2.67. The second-order valence-corrected chi connectivity index (χ2v) is 4.46. The van der Waals surface area contributed by atoms with Crippen molar-refractivity contribution in [3.8, 4) is 0 Å². The minimum absolute atomic E-state index is 0.217. The van der Waals surface area contributed by atoms with E-state index in [1.54, 1.807) is 12.1 Å². The van der Waals surface area contributed by atoms with Crippen molar-refractivity contribution in [3.05, 3.63) is 24.0 Å². The summed E-state index contributed by atoms with van der Waals surface area (Å²) in [6, 6.07) is 4.83. The van der Waals surface area contributed by atoms with Gasteiger partial charge in [0.1, 0.15) is 5.82 Å². The van der Waals surface area contributed by atoms with E-state index in [1.807, 2.05) is 0 Å². The zero-order chi connectivity index (χ0) is 9.84. The highest BCUT2D eigenvalue weighted by Gasteiger charge is 2.03. The SMILES string of the molecule is CC(C)CSc1ccc(N)cc1F. The minimum atomic E-state index is -0.217. The average Bonchev–Trinajstić information content (AvgIpc) is 2.02. The van der Waals surface area contributed by atoms with Crippen LogP contribution in [0.5, 0.6) is 0 Å². The smallest absolute Gasteiger partial charge is 0.138 e. The van der Waals surface area contributed by atoms with Crippen LogP contribution in [0.3, 0.4) is 0 Å². The minimum Gasteiger partial charge on any atom is -0.399 e. The van der Waals surface area contributed by atoms with Crippen LogP contribution in [-0.4, -0.2) is 5.75 Å². The Kier molecular flexibility index (Phi) is 3.60. The van der Waals surface area contributed by atoms with Gasteiger partial charge in [-0.2, -0.15) is 0 Å². The molecular formula is C10H14FNS. The van der Waals surface area contributed by atoms with Gasteiger partial charge in [0.2, 0.25) is 0 Å². The molecule has 0 spiro atoms. The Labute approximate surface area is 82.5 Å². The van der Waals surface area contributed by atoms with Gasteiger partial charge in [-0.25, -0.2) is 4.39 Å². The molecule has 13 heavy (non-hydrogen) atoms. The molecule has 1 aromatic rings. The highest BCUT2D eigenvalue weighted by atomic mass is 32.2. The fourth-order valence-corrected chi connectivity index (χ4v) is 1.76. The predicted octanol–water partition coefficient (Wildman–Crippen LogP) is 3.16. The molecule has 1 nitrogen and oxygen atoms in total. The van der Waals surface area contributed by atoms with Crippen molar-refractivity contribution in [2.24, 2.45) is 5.92 Å². The second kappa shape index (κ2) is 4.51. The van der Waals surface area contributed by atoms with Crippen molar-refractivity contribution >= 4 is 17.4 Å². The molecule has 0 aliphatic carbocycles. The number of nitrogens with two attached hydrogens (primary N) is 1. The summed E-state index contributed by atoms with van der Waals surface area (Å²) in [5.74, 6) is 1.29. The lowest BCUT2D eigenvalue weighted by molar-refractivity contribution is 0.602. The molecule has 1 aromatic carbocycles. The predicted molar refractivity (Wildman–Crippen MR) is 56.4 cm³/mol. The summed E-state index contributed by atoms with van der Waals surface area (Å²) in [5.41, 5.74) is 5.91. The molecule has 0 fully saturated rings. The molecule has 72 valence electrons. The van der Waals surface area contributed by atoms with Crippen LogP contribution >= 0.6 is 11.8 Å². The summed E-state index contributed by atoms with van der Waals surface area (Å²) in [5, 5.41) is 0. The quantitative estimate of drug-likeness (QED) is 0.597. The molecule has 0 amide bonds. The van der Waals surface area contributed by atoms with E-state index in [0.29, 0.717) is 16.5 Å². The van der Waals surface area contributed by atoms with Crippen LogP contribution in [0.25, 0.3) is 0 Å². The highest BCUT2D eigenvalue weighted by Crippen LogP contribution is 2.24. The lowest BCUT2D eigenvalue weighted by Crippen LogP contribution is -1.93. The number of benzene rings is 1. The highest BCUT2D eigenvalue weighted by molar-refractivity contribution is 7.99. The first-order valence-corrected chi connectivity index (χ1v) is 5.26. The van der Waals surface area contributed by atoms with Gasteiger partial charge in [0, 0.05) is 16.3 Å². The monoisotopic (exact) mass is 199 g/mol. The van der Waals surface area contributed by atoms with Gasteiger partial charge in [-0.05, 0) is 24.1 Å². The van der Waals surface area contributed by atoms with Crippen molar-refractivity contribution < 1.29 is 4.39 Å². The zero-order valence-electron chi connectivity index (χ0n) is 7.88. The molecule has 0 aliphatic heterocycles. The Bertz CT molecular complexity index is 286. The number of halogens is 1. The molecule has 0 saturated carbocycles. The summed E-state index contributed by atoms with van der Waals surface area (Å²) in [6.45, 7) is 4.23. The molecule has 1 rings (SSSR count). The first-order chi connectivity index (χ1) is 6.09. The van der Waals surface area contributed by atoms with Crippen LogP contribution in [0, 0.1) is 11.7 Å². The standard InChI is InChI=1S/C10H14FNS/c1-7(2)6-13-10-4-3-8(12)5-9(10)11/h3-5,7H,6,12H2,1-2H3. The van der Waals surface area contributed by atoms with Gasteiger partial charge >= 0.3 is 0 Å². The molecule has 0 aromatic heterocycles. The topological polar surface area (TPSA) is 26.0 Å². The van der Waals surface area contributed by atoms with E-state index in [0.717, 1.165) is 5.75 Å². The molecule has 3 heteroatoms. The third-order valence-electron chi connectivity index (χ3n) is 1.53. The summed E-state index contributed by atoms with van der Waals surface area (Å²) in [4.78, 5) is 0.683. The van der Waals surface area contributed by atoms with Crippen LogP contribution in [0.2, 0.25) is 0 Å². The van der Waals surface area contributed by atoms with Gasteiger partial charge in [-0.15, -0.1) is 11.8 Å². The van der Waals surface area contributed by atoms with Crippen molar-refractivity contribution in [2.75, 3.05) is 11.5 Å². The number of hydrogen-bond donors (Lipinski definition) is 1. The molecule has 0 unspecified atom stereocenters. The summed E-state index contributed by atoms with van der Waals surface area (Å²) >= 11 is 1.53. The van der Waals surface area contributed by atoms with Gasteiger partial charge < -0.3 is 5.73 Å². The summed E-state index contributed by atoms with van der Waals surface area (Å²) in [6.07, 6.45) is 0. The number of rotatable bonds is 3. The van der Waals surface area contributed by atoms with E-state index in [1.165, 1.54) is 17.8 Å². The fraction of sp³-hybridized carbons (Fsp3) is 0.400. The maximum Gasteiger partial charge on any atom is 0.138 e. The maximum absolute atomic E-state index is 13.2. The van der Waals surface area contributed by atoms with E-state index in [9.17, 15) is 4.39 Å². The molecule has 0 radical (unpaired) electrons. The average molecular weight is 199 g/mol. The van der Waals surface area contributed by atoms with Gasteiger partial charge in [0.15, 0.2) is 0 Å². The van der Waals surface area contributed by atoms with Crippen molar-refractivity contribution in [3.63, 3.8) is 0 Å². The number of hydrogen-bond acceptors (Lipinski definition) is 2. The van der Waals surface area contributed by atoms with Crippen LogP contribution in [0.4, 0.5) is 10.1 Å². The number of thioether (sulfide) groups is 1. The Morgan fingerprint density at radius 3 is 2.69 bits per heavy atom. The van der Waals surface area contributed by atoms with Crippen molar-refractivity contribution in [1.82, 2.24) is 0 Å². The third kappa shape index (κ3) is 3.27. The van der Waals surface area contributed by atoms with Crippen LogP contribution in [-0.2, 0) is 0 Å². The first-order valence-electron chi connectivity index (χ1n) is 4.27. The molecular weight excluding hydrogens is 185 g/mol. The third-order valence-corrected chi connectivity index (χ3v) is 3.00. The number of nitrogen functional groups attached to an aromatic ring is 1. The molecule has 2 N–H and O–H groups in total. The second-order valence-electron chi connectivity index (χ2n) is 3.39. The zero-order valence-corrected chi connectivity index (χ0v) is 8.70. The Hall–Kier alpha value is -0.700. The van der Waals surface area contributed by atoms with E-state index >= 15 is 0 Å². The van der Waals surface area contributed by atoms with Gasteiger partial charge in [0.05, 0.1) is 0 Å². The van der Waals surface area contributed by atoms with E-state index in [4.69, 9.17) is 5.73 Å². The maximum atomic E-state index is 13.2. The Morgan fingerprint density at radius 2 is 2.15 bits per heavy atom.